The van der Waals surface area contributed by atoms with Crippen LogP contribution in [0.1, 0.15) is 47.0 Å². The predicted molar refractivity (Wildman–Crippen MR) is 82.2 cm³/mol. The van der Waals surface area contributed by atoms with Gasteiger partial charge in [0.2, 0.25) is 0 Å². The van der Waals surface area contributed by atoms with Gasteiger partial charge in [-0.05, 0) is 53.1 Å². The molecule has 0 aromatic rings. The predicted octanol–water partition coefficient (Wildman–Crippen LogP) is 1.97. The number of aliphatic carboxylic acids is 1. The summed E-state index contributed by atoms with van der Waals surface area (Å²) in [4.78, 5) is 13.7. The second-order valence-electron chi connectivity index (χ2n) is 5.82. The topological polar surface area (TPSA) is 61.8 Å². The fourth-order valence-corrected chi connectivity index (χ4v) is 2.34. The van der Waals surface area contributed by atoms with Gasteiger partial charge in [-0.15, -0.1) is 0 Å². The number of nitrogens with one attached hydrogen (secondary N) is 1. The molecule has 1 atom stereocenters. The van der Waals surface area contributed by atoms with Gasteiger partial charge in [-0.25, -0.2) is 0 Å². The maximum absolute atomic E-state index is 11.4. The van der Waals surface area contributed by atoms with Crippen molar-refractivity contribution >= 4 is 5.97 Å². The van der Waals surface area contributed by atoms with Crippen LogP contribution in [-0.4, -0.2) is 60.9 Å². The van der Waals surface area contributed by atoms with E-state index in [0.717, 1.165) is 39.1 Å². The van der Waals surface area contributed by atoms with E-state index in [4.69, 9.17) is 4.74 Å². The van der Waals surface area contributed by atoms with Crippen molar-refractivity contribution in [1.82, 2.24) is 10.2 Å². The molecule has 0 aliphatic heterocycles. The number of carbonyl (C=O) groups is 1. The van der Waals surface area contributed by atoms with E-state index in [9.17, 15) is 9.90 Å². The van der Waals surface area contributed by atoms with E-state index in [1.54, 1.807) is 14.0 Å². The van der Waals surface area contributed by atoms with Crippen LogP contribution in [0.4, 0.5) is 0 Å². The Labute approximate surface area is 123 Å². The second-order valence-corrected chi connectivity index (χ2v) is 5.82. The average molecular weight is 288 g/mol. The number of methoxy groups -OCH3 is 1. The van der Waals surface area contributed by atoms with Crippen LogP contribution in [0.25, 0.3) is 0 Å². The van der Waals surface area contributed by atoms with Crippen LogP contribution < -0.4 is 5.32 Å². The molecule has 0 spiro atoms. The van der Waals surface area contributed by atoms with Crippen LogP contribution in [0.15, 0.2) is 0 Å². The summed E-state index contributed by atoms with van der Waals surface area (Å²) in [6.07, 6.45) is 2.58. The van der Waals surface area contributed by atoms with Gasteiger partial charge < -0.3 is 14.7 Å². The third-order valence-corrected chi connectivity index (χ3v) is 3.54. The molecule has 0 aromatic heterocycles. The van der Waals surface area contributed by atoms with Gasteiger partial charge in [0.05, 0.1) is 6.61 Å². The Hall–Kier alpha value is -0.650. The van der Waals surface area contributed by atoms with Crippen molar-refractivity contribution in [1.29, 1.82) is 0 Å². The molecule has 0 aromatic carbocycles. The minimum atomic E-state index is -0.822. The van der Waals surface area contributed by atoms with E-state index in [1.807, 2.05) is 13.8 Å². The number of ether oxygens (including phenoxy) is 1. The molecule has 0 radical (unpaired) electrons. The third kappa shape index (κ3) is 7.82. The van der Waals surface area contributed by atoms with Crippen molar-refractivity contribution in [2.75, 3.05) is 33.4 Å². The van der Waals surface area contributed by atoms with Crippen molar-refractivity contribution < 1.29 is 14.6 Å². The molecule has 0 heterocycles. The van der Waals surface area contributed by atoms with Crippen molar-refractivity contribution in [3.8, 4) is 0 Å². The molecular formula is C15H32N2O3. The van der Waals surface area contributed by atoms with Crippen LogP contribution >= 0.6 is 0 Å². The van der Waals surface area contributed by atoms with Gasteiger partial charge in [0.25, 0.3) is 0 Å². The van der Waals surface area contributed by atoms with E-state index in [-0.39, 0.29) is 6.04 Å². The van der Waals surface area contributed by atoms with E-state index in [2.05, 4.69) is 17.1 Å². The number of hydrogen-bond donors (Lipinski definition) is 2. The first kappa shape index (κ1) is 19.4. The molecule has 2 N–H and O–H groups in total. The molecule has 0 rings (SSSR count). The number of unbranched alkanes of at least 4 members (excludes halogenated alkanes) is 1. The summed E-state index contributed by atoms with van der Waals surface area (Å²) >= 11 is 0. The highest BCUT2D eigenvalue weighted by molar-refractivity contribution is 5.78. The monoisotopic (exact) mass is 288 g/mol. The van der Waals surface area contributed by atoms with Crippen LogP contribution in [0.3, 0.4) is 0 Å². The highest BCUT2D eigenvalue weighted by atomic mass is 16.5. The minimum Gasteiger partial charge on any atom is -0.480 e. The third-order valence-electron chi connectivity index (χ3n) is 3.54. The zero-order valence-electron chi connectivity index (χ0n) is 13.7. The lowest BCUT2D eigenvalue weighted by atomic mass is 9.94. The highest BCUT2D eigenvalue weighted by Gasteiger charge is 2.32. The van der Waals surface area contributed by atoms with Gasteiger partial charge in [0, 0.05) is 19.7 Å². The number of carboxylic acids is 1. The van der Waals surface area contributed by atoms with Gasteiger partial charge in [-0.2, -0.15) is 0 Å². The van der Waals surface area contributed by atoms with E-state index >= 15 is 0 Å². The molecule has 0 amide bonds. The molecule has 0 fully saturated rings. The summed E-state index contributed by atoms with van der Waals surface area (Å²) in [5.74, 6) is -0.766. The summed E-state index contributed by atoms with van der Waals surface area (Å²) in [6.45, 7) is 11.6. The highest BCUT2D eigenvalue weighted by Crippen LogP contribution is 2.15. The van der Waals surface area contributed by atoms with Crippen LogP contribution in [-0.2, 0) is 9.53 Å². The molecule has 1 unspecified atom stereocenters. The van der Waals surface area contributed by atoms with Crippen LogP contribution in [0, 0.1) is 0 Å². The maximum atomic E-state index is 11.4. The summed E-state index contributed by atoms with van der Waals surface area (Å²) in [6, 6.07) is 0.171. The van der Waals surface area contributed by atoms with Gasteiger partial charge in [-0.3, -0.25) is 10.1 Å². The molecule has 0 aliphatic carbocycles. The minimum absolute atomic E-state index is 0.171. The number of nitrogens with zero attached hydrogens (tertiary/aromatic N) is 1. The van der Waals surface area contributed by atoms with E-state index < -0.39 is 11.5 Å². The molecule has 0 aliphatic rings. The van der Waals surface area contributed by atoms with Gasteiger partial charge in [-0.1, -0.05) is 6.92 Å². The molecule has 20 heavy (non-hydrogen) atoms. The number of hydrogen-bond acceptors (Lipinski definition) is 4. The molecule has 0 saturated carbocycles. The van der Waals surface area contributed by atoms with Gasteiger partial charge in [0.15, 0.2) is 0 Å². The molecular weight excluding hydrogens is 256 g/mol. The summed E-state index contributed by atoms with van der Waals surface area (Å²) < 4.78 is 5.08. The number of rotatable bonds is 12. The van der Waals surface area contributed by atoms with Gasteiger partial charge >= 0.3 is 5.97 Å². The van der Waals surface area contributed by atoms with Crippen LogP contribution in [0.5, 0.6) is 0 Å². The van der Waals surface area contributed by atoms with Crippen molar-refractivity contribution in [2.45, 2.75) is 58.5 Å². The summed E-state index contributed by atoms with van der Waals surface area (Å²) in [7, 11) is 1.71. The Morgan fingerprint density at radius 2 is 2.00 bits per heavy atom. The Bertz CT molecular complexity index is 272. The van der Waals surface area contributed by atoms with E-state index in [0.29, 0.717) is 6.42 Å². The molecule has 0 bridgehead atoms. The molecule has 120 valence electrons. The maximum Gasteiger partial charge on any atom is 0.323 e. The number of carboxylic acid groups (broad SMARTS) is 1. The smallest absolute Gasteiger partial charge is 0.323 e. The zero-order chi connectivity index (χ0) is 15.6. The first-order valence-corrected chi connectivity index (χ1v) is 7.58. The van der Waals surface area contributed by atoms with Gasteiger partial charge in [0.1, 0.15) is 5.54 Å². The molecule has 0 saturated heterocycles. The number of likely N-dealkylation sites (N-methyl/N-ethyl adjacent to an activating group) is 1. The molecule has 5 heteroatoms. The zero-order valence-corrected chi connectivity index (χ0v) is 13.7. The lowest BCUT2D eigenvalue weighted by molar-refractivity contribution is -0.144. The quantitative estimate of drug-likeness (QED) is 0.538. The van der Waals surface area contributed by atoms with Crippen molar-refractivity contribution in [3.05, 3.63) is 0 Å². The lowest BCUT2D eigenvalue weighted by Crippen LogP contribution is -2.52. The Kier molecular flexibility index (Phi) is 9.80. The van der Waals surface area contributed by atoms with E-state index in [1.165, 1.54) is 0 Å². The first-order valence-electron chi connectivity index (χ1n) is 7.58. The Balaban J connectivity index is 4.08. The fourth-order valence-electron chi connectivity index (χ4n) is 2.34. The average Bonchev–Trinajstić information content (AvgIpc) is 2.37. The normalized spacial score (nSPS) is 14.8. The van der Waals surface area contributed by atoms with Crippen LogP contribution in [0.2, 0.25) is 0 Å². The Morgan fingerprint density at radius 1 is 1.35 bits per heavy atom. The largest absolute Gasteiger partial charge is 0.480 e. The second kappa shape index (κ2) is 10.1. The standard InChI is InChI=1S/C15H32N2O3/c1-6-17(11-12-20-5)10-8-7-9-15(4,14(18)19)16-13(2)3/h13,16H,6-12H2,1-5H3,(H,18,19). The summed E-state index contributed by atoms with van der Waals surface area (Å²) in [5.41, 5.74) is -0.822. The van der Waals surface area contributed by atoms with Crippen molar-refractivity contribution in [3.63, 3.8) is 0 Å². The Morgan fingerprint density at radius 3 is 2.45 bits per heavy atom. The first-order chi connectivity index (χ1) is 9.35. The lowest BCUT2D eigenvalue weighted by Gasteiger charge is -2.29. The summed E-state index contributed by atoms with van der Waals surface area (Å²) in [5, 5.41) is 12.5. The SMILES string of the molecule is CCN(CCCCC(C)(NC(C)C)C(=O)O)CCOC. The van der Waals surface area contributed by atoms with Crippen molar-refractivity contribution in [2.24, 2.45) is 0 Å². The molecule has 5 nitrogen and oxygen atoms in total. The fraction of sp³-hybridized carbons (Fsp3) is 0.933.